The molecule has 0 unspecified atom stereocenters. The Balaban J connectivity index is 1.77. The number of thioether (sulfide) groups is 1. The summed E-state index contributed by atoms with van der Waals surface area (Å²) in [5.41, 5.74) is 0.823. The molecule has 0 bridgehead atoms. The number of benzene rings is 2. The number of hydrogen-bond donors (Lipinski definition) is 0. The predicted molar refractivity (Wildman–Crippen MR) is 126 cm³/mol. The average molecular weight is 483 g/mol. The van der Waals surface area contributed by atoms with Crippen LogP contribution in [0.3, 0.4) is 0 Å². The third kappa shape index (κ3) is 4.86. The first-order valence-electron chi connectivity index (χ1n) is 9.99. The summed E-state index contributed by atoms with van der Waals surface area (Å²) in [7, 11) is 1.28. The molecule has 9 heteroatoms. The van der Waals surface area contributed by atoms with E-state index in [9.17, 15) is 14.4 Å². The van der Waals surface area contributed by atoms with Crippen molar-refractivity contribution < 1.29 is 18.7 Å². The molecule has 0 fully saturated rings. The fourth-order valence-electron chi connectivity index (χ4n) is 3.29. The lowest BCUT2D eigenvalue weighted by Crippen LogP contribution is -2.25. The highest BCUT2D eigenvalue weighted by molar-refractivity contribution is 8.00. The second-order valence-corrected chi connectivity index (χ2v) is 8.96. The molecule has 0 radical (unpaired) electrons. The van der Waals surface area contributed by atoms with Gasteiger partial charge in [0.05, 0.1) is 41.6 Å². The van der Waals surface area contributed by atoms with Gasteiger partial charge in [-0.05, 0) is 61.5 Å². The normalized spacial score (nSPS) is 12.0. The molecule has 0 aliphatic heterocycles. The summed E-state index contributed by atoms with van der Waals surface area (Å²) in [5, 5.41) is 0.676. The van der Waals surface area contributed by atoms with Crippen LogP contribution in [0.5, 0.6) is 0 Å². The number of carbonyl (C=O) groups is 2. The maximum atomic E-state index is 13.3. The molecule has 168 valence electrons. The molecule has 7 nitrogen and oxygen atoms in total. The monoisotopic (exact) mass is 482 g/mol. The lowest BCUT2D eigenvalue weighted by Gasteiger charge is -2.15. The second-order valence-electron chi connectivity index (χ2n) is 7.22. The van der Waals surface area contributed by atoms with E-state index >= 15 is 0 Å². The van der Waals surface area contributed by atoms with Gasteiger partial charge in [-0.2, -0.15) is 0 Å². The van der Waals surface area contributed by atoms with E-state index in [2.05, 4.69) is 4.98 Å². The molecule has 0 spiro atoms. The van der Waals surface area contributed by atoms with Crippen LogP contribution in [0, 0.1) is 0 Å². The number of ether oxygens (including phenoxy) is 1. The van der Waals surface area contributed by atoms with Crippen molar-refractivity contribution in [3.8, 4) is 0 Å². The Morgan fingerprint density at radius 2 is 1.88 bits per heavy atom. The minimum Gasteiger partial charge on any atom is -0.467 e. The number of esters is 1. The van der Waals surface area contributed by atoms with E-state index in [4.69, 9.17) is 20.8 Å². The molecule has 4 aromatic rings. The molecule has 33 heavy (non-hydrogen) atoms. The van der Waals surface area contributed by atoms with Crippen molar-refractivity contribution in [3.63, 3.8) is 0 Å². The van der Waals surface area contributed by atoms with Gasteiger partial charge in [-0.1, -0.05) is 23.4 Å². The molecule has 0 saturated heterocycles. The summed E-state index contributed by atoms with van der Waals surface area (Å²) in [6.45, 7) is 1.90. The maximum absolute atomic E-state index is 13.3. The molecule has 0 N–H and O–H groups in total. The third-order valence-electron chi connectivity index (χ3n) is 5.02. The van der Waals surface area contributed by atoms with Gasteiger partial charge in [-0.25, -0.2) is 9.78 Å². The SMILES string of the molecule is COC(=O)c1ccc2c(=O)n(Cc3ccco3)c(S[C@H](C)C(=O)c3ccc(Cl)cc3)nc2c1. The highest BCUT2D eigenvalue weighted by atomic mass is 35.5. The van der Waals surface area contributed by atoms with Crippen LogP contribution in [-0.4, -0.2) is 33.7 Å². The van der Waals surface area contributed by atoms with E-state index in [1.807, 2.05) is 0 Å². The zero-order chi connectivity index (χ0) is 23.5. The fraction of sp³-hybridized carbons (Fsp3) is 0.167. The zero-order valence-corrected chi connectivity index (χ0v) is 19.4. The maximum Gasteiger partial charge on any atom is 0.337 e. The van der Waals surface area contributed by atoms with Crippen molar-refractivity contribution in [2.45, 2.75) is 23.9 Å². The van der Waals surface area contributed by atoms with Gasteiger partial charge in [0.2, 0.25) is 0 Å². The minimum atomic E-state index is -0.540. The van der Waals surface area contributed by atoms with Gasteiger partial charge >= 0.3 is 5.97 Å². The van der Waals surface area contributed by atoms with E-state index < -0.39 is 11.2 Å². The quantitative estimate of drug-likeness (QED) is 0.161. The Labute approximate surface area is 198 Å². The van der Waals surface area contributed by atoms with Gasteiger partial charge in [-0.15, -0.1) is 0 Å². The highest BCUT2D eigenvalue weighted by Gasteiger charge is 2.22. The molecular formula is C24H19ClN2O5S. The Morgan fingerprint density at radius 1 is 1.15 bits per heavy atom. The van der Waals surface area contributed by atoms with Crippen LogP contribution in [0.4, 0.5) is 0 Å². The van der Waals surface area contributed by atoms with Crippen molar-refractivity contribution in [2.75, 3.05) is 7.11 Å². The molecule has 2 aromatic heterocycles. The van der Waals surface area contributed by atoms with Crippen LogP contribution >= 0.6 is 23.4 Å². The molecular weight excluding hydrogens is 464 g/mol. The average Bonchev–Trinajstić information content (AvgIpc) is 3.34. The number of carbonyl (C=O) groups excluding carboxylic acids is 2. The zero-order valence-electron chi connectivity index (χ0n) is 17.8. The van der Waals surface area contributed by atoms with Crippen molar-refractivity contribution in [1.29, 1.82) is 0 Å². The first-order valence-corrected chi connectivity index (χ1v) is 11.2. The number of halogens is 1. The Kier molecular flexibility index (Phi) is 6.67. The Morgan fingerprint density at radius 3 is 2.55 bits per heavy atom. The summed E-state index contributed by atoms with van der Waals surface area (Å²) >= 11 is 7.09. The van der Waals surface area contributed by atoms with Crippen molar-refractivity contribution in [2.24, 2.45) is 0 Å². The Bertz CT molecular complexity index is 1380. The number of ketones is 1. The van der Waals surface area contributed by atoms with Crippen molar-refractivity contribution in [1.82, 2.24) is 9.55 Å². The number of furan rings is 1. The molecule has 0 aliphatic rings. The number of methoxy groups -OCH3 is 1. The lowest BCUT2D eigenvalue weighted by molar-refractivity contribution is 0.0600. The number of aromatic nitrogens is 2. The fourth-order valence-corrected chi connectivity index (χ4v) is 4.40. The topological polar surface area (TPSA) is 91.4 Å². The number of Topliss-reactive ketones (excluding diaryl/α,β-unsaturated/α-hetero) is 1. The number of fused-ring (bicyclic) bond motifs is 1. The summed E-state index contributed by atoms with van der Waals surface area (Å²) in [6.07, 6.45) is 1.52. The van der Waals surface area contributed by atoms with E-state index in [0.717, 1.165) is 11.8 Å². The van der Waals surface area contributed by atoms with Crippen LogP contribution in [-0.2, 0) is 11.3 Å². The predicted octanol–water partition coefficient (Wildman–Crippen LogP) is 4.84. The van der Waals surface area contributed by atoms with Crippen molar-refractivity contribution in [3.05, 3.63) is 93.1 Å². The standard InChI is InChI=1S/C24H19ClN2O5S/c1-14(21(28)15-5-8-17(25)9-6-15)33-24-26-20-12-16(23(30)31-2)7-10-19(20)22(29)27(24)13-18-4-3-11-32-18/h3-12,14H,13H2,1-2H3/t14-/m1/s1. The molecule has 0 aliphatic carbocycles. The van der Waals surface area contributed by atoms with E-state index in [1.54, 1.807) is 49.4 Å². The lowest BCUT2D eigenvalue weighted by atomic mass is 10.1. The number of nitrogens with zero attached hydrogens (tertiary/aromatic N) is 2. The van der Waals surface area contributed by atoms with E-state index in [1.165, 1.54) is 30.1 Å². The second kappa shape index (κ2) is 9.64. The van der Waals surface area contributed by atoms with Gasteiger partial charge in [-0.3, -0.25) is 14.2 Å². The minimum absolute atomic E-state index is 0.126. The molecule has 4 rings (SSSR count). The van der Waals surface area contributed by atoms with Gasteiger partial charge in [0.25, 0.3) is 5.56 Å². The highest BCUT2D eigenvalue weighted by Crippen LogP contribution is 2.26. The molecule has 2 aromatic carbocycles. The largest absolute Gasteiger partial charge is 0.467 e. The molecule has 0 amide bonds. The smallest absolute Gasteiger partial charge is 0.337 e. The first kappa shape index (κ1) is 22.8. The van der Waals surface area contributed by atoms with E-state index in [0.29, 0.717) is 32.4 Å². The first-order chi connectivity index (χ1) is 15.9. The van der Waals surface area contributed by atoms with Crippen LogP contribution in [0.2, 0.25) is 5.02 Å². The van der Waals surface area contributed by atoms with Gasteiger partial charge in [0, 0.05) is 10.6 Å². The number of rotatable bonds is 7. The van der Waals surface area contributed by atoms with Crippen LogP contribution < -0.4 is 5.56 Å². The summed E-state index contributed by atoms with van der Waals surface area (Å²) < 4.78 is 11.7. The van der Waals surface area contributed by atoms with Gasteiger partial charge in [0.15, 0.2) is 10.9 Å². The van der Waals surface area contributed by atoms with Gasteiger partial charge < -0.3 is 9.15 Å². The molecule has 2 heterocycles. The van der Waals surface area contributed by atoms with Crippen LogP contribution in [0.1, 0.15) is 33.4 Å². The van der Waals surface area contributed by atoms with Crippen LogP contribution in [0.15, 0.2) is 75.2 Å². The van der Waals surface area contributed by atoms with Gasteiger partial charge in [0.1, 0.15) is 5.76 Å². The Hall–Kier alpha value is -3.36. The molecule has 1 atom stereocenters. The van der Waals surface area contributed by atoms with Crippen LogP contribution in [0.25, 0.3) is 10.9 Å². The van der Waals surface area contributed by atoms with Crippen molar-refractivity contribution >= 4 is 46.0 Å². The summed E-state index contributed by atoms with van der Waals surface area (Å²) in [4.78, 5) is 42.9. The summed E-state index contributed by atoms with van der Waals surface area (Å²) in [5.74, 6) is -0.0826. The number of hydrogen-bond acceptors (Lipinski definition) is 7. The third-order valence-corrected chi connectivity index (χ3v) is 6.36. The van der Waals surface area contributed by atoms with E-state index in [-0.39, 0.29) is 23.5 Å². The molecule has 0 saturated carbocycles. The summed E-state index contributed by atoms with van der Waals surface area (Å²) in [6, 6.07) is 14.7.